The fraction of sp³-hybridized carbons (Fsp3) is 0.273. The molecule has 4 nitrogen and oxygen atoms in total. The lowest BCUT2D eigenvalue weighted by Crippen LogP contribution is -1.91. The van der Waals surface area contributed by atoms with Gasteiger partial charge in [-0.1, -0.05) is 17.3 Å². The summed E-state index contributed by atoms with van der Waals surface area (Å²) in [5.74, 6) is 0.0756. The molecular weight excluding hydrogens is 211 g/mol. The summed E-state index contributed by atoms with van der Waals surface area (Å²) in [6.45, 7) is 3.20. The van der Waals surface area contributed by atoms with E-state index in [9.17, 15) is 9.50 Å². The van der Waals surface area contributed by atoms with E-state index in [-0.39, 0.29) is 17.5 Å². The van der Waals surface area contributed by atoms with Crippen molar-refractivity contribution in [2.45, 2.75) is 20.0 Å². The summed E-state index contributed by atoms with van der Waals surface area (Å²) in [5, 5.41) is 12.9. The van der Waals surface area contributed by atoms with Crippen LogP contribution in [0.3, 0.4) is 0 Å². The molecule has 2 aromatic rings. The van der Waals surface area contributed by atoms with Crippen LogP contribution in [0.25, 0.3) is 11.4 Å². The lowest BCUT2D eigenvalue weighted by Gasteiger charge is -1.97. The summed E-state index contributed by atoms with van der Waals surface area (Å²) in [5.41, 5.74) is 1.08. The van der Waals surface area contributed by atoms with E-state index in [1.165, 1.54) is 13.0 Å². The van der Waals surface area contributed by atoms with Gasteiger partial charge in [0.05, 0.1) is 0 Å². The second-order valence-corrected chi connectivity index (χ2v) is 3.60. The van der Waals surface area contributed by atoms with Crippen molar-refractivity contribution in [3.8, 4) is 11.4 Å². The molecule has 1 heterocycles. The molecule has 84 valence electrons. The summed E-state index contributed by atoms with van der Waals surface area (Å²) >= 11 is 0. The van der Waals surface area contributed by atoms with Crippen LogP contribution in [-0.4, -0.2) is 15.2 Å². The Labute approximate surface area is 91.7 Å². The van der Waals surface area contributed by atoms with Gasteiger partial charge < -0.3 is 9.63 Å². The smallest absolute Gasteiger partial charge is 0.255 e. The fourth-order valence-electron chi connectivity index (χ4n) is 1.25. The highest BCUT2D eigenvalue weighted by Crippen LogP contribution is 2.20. The van der Waals surface area contributed by atoms with Crippen LogP contribution in [0.5, 0.6) is 0 Å². The molecule has 0 radical (unpaired) electrons. The maximum Gasteiger partial charge on any atom is 0.255 e. The Kier molecular flexibility index (Phi) is 2.70. The predicted molar refractivity (Wildman–Crippen MR) is 55.1 cm³/mol. The summed E-state index contributed by atoms with van der Waals surface area (Å²) in [6.07, 6.45) is -0.823. The normalized spacial score (nSPS) is 12.8. The molecule has 0 saturated carbocycles. The van der Waals surface area contributed by atoms with E-state index in [4.69, 9.17) is 4.52 Å². The van der Waals surface area contributed by atoms with Gasteiger partial charge >= 0.3 is 0 Å². The Bertz CT molecular complexity index is 508. The zero-order chi connectivity index (χ0) is 11.7. The number of hydrogen-bond acceptors (Lipinski definition) is 4. The number of aliphatic hydroxyl groups is 1. The molecule has 0 aliphatic rings. The van der Waals surface area contributed by atoms with Crippen LogP contribution in [0.1, 0.15) is 24.5 Å². The van der Waals surface area contributed by atoms with Gasteiger partial charge in [-0.3, -0.25) is 0 Å². The van der Waals surface area contributed by atoms with Crippen molar-refractivity contribution in [2.24, 2.45) is 0 Å². The predicted octanol–water partition coefficient (Wildman–Crippen LogP) is 2.24. The molecule has 1 aromatic carbocycles. The topological polar surface area (TPSA) is 59.2 Å². The lowest BCUT2D eigenvalue weighted by molar-refractivity contribution is 0.152. The first-order valence-electron chi connectivity index (χ1n) is 4.86. The molecule has 16 heavy (non-hydrogen) atoms. The van der Waals surface area contributed by atoms with E-state index in [1.54, 1.807) is 19.1 Å². The number of nitrogens with zero attached hydrogens (tertiary/aromatic N) is 2. The lowest BCUT2D eigenvalue weighted by atomic mass is 10.1. The molecule has 0 aliphatic heterocycles. The first kappa shape index (κ1) is 10.8. The second kappa shape index (κ2) is 4.02. The maximum atomic E-state index is 13.3. The molecule has 1 atom stereocenters. The molecule has 1 N–H and O–H groups in total. The largest absolute Gasteiger partial charge is 0.384 e. The second-order valence-electron chi connectivity index (χ2n) is 3.60. The van der Waals surface area contributed by atoms with Gasteiger partial charge in [-0.2, -0.15) is 4.98 Å². The van der Waals surface area contributed by atoms with E-state index >= 15 is 0 Å². The fourth-order valence-corrected chi connectivity index (χ4v) is 1.25. The first-order valence-corrected chi connectivity index (χ1v) is 4.86. The van der Waals surface area contributed by atoms with E-state index in [0.717, 1.165) is 0 Å². The number of rotatable bonds is 2. The van der Waals surface area contributed by atoms with Crippen molar-refractivity contribution in [3.63, 3.8) is 0 Å². The third-order valence-corrected chi connectivity index (χ3v) is 2.23. The van der Waals surface area contributed by atoms with Crippen LogP contribution in [0.2, 0.25) is 0 Å². The van der Waals surface area contributed by atoms with Gasteiger partial charge in [-0.05, 0) is 25.5 Å². The Hall–Kier alpha value is -1.75. The van der Waals surface area contributed by atoms with Crippen molar-refractivity contribution in [1.82, 2.24) is 10.1 Å². The SMILES string of the molecule is Cc1ccc(-c2noc(C(C)O)n2)cc1F. The van der Waals surface area contributed by atoms with E-state index in [0.29, 0.717) is 11.1 Å². The summed E-state index contributed by atoms with van der Waals surface area (Å²) < 4.78 is 18.1. The monoisotopic (exact) mass is 222 g/mol. The highest BCUT2D eigenvalue weighted by Gasteiger charge is 2.13. The van der Waals surface area contributed by atoms with Gasteiger partial charge in [0.25, 0.3) is 5.89 Å². The quantitative estimate of drug-likeness (QED) is 0.846. The Morgan fingerprint density at radius 1 is 1.44 bits per heavy atom. The third-order valence-electron chi connectivity index (χ3n) is 2.23. The first-order chi connectivity index (χ1) is 7.58. The number of halogens is 1. The highest BCUT2D eigenvalue weighted by molar-refractivity contribution is 5.54. The van der Waals surface area contributed by atoms with E-state index in [2.05, 4.69) is 10.1 Å². The van der Waals surface area contributed by atoms with Crippen LogP contribution in [0.4, 0.5) is 4.39 Å². The molecule has 1 unspecified atom stereocenters. The summed E-state index contributed by atoms with van der Waals surface area (Å²) in [4.78, 5) is 3.96. The minimum absolute atomic E-state index is 0.121. The number of hydrogen-bond donors (Lipinski definition) is 1. The van der Waals surface area contributed by atoms with Crippen LogP contribution < -0.4 is 0 Å². The van der Waals surface area contributed by atoms with Crippen molar-refractivity contribution in [1.29, 1.82) is 0 Å². The number of benzene rings is 1. The van der Waals surface area contributed by atoms with Crippen molar-refractivity contribution >= 4 is 0 Å². The molecule has 0 bridgehead atoms. The third kappa shape index (κ3) is 1.94. The zero-order valence-corrected chi connectivity index (χ0v) is 8.94. The van der Waals surface area contributed by atoms with Crippen molar-refractivity contribution in [2.75, 3.05) is 0 Å². The highest BCUT2D eigenvalue weighted by atomic mass is 19.1. The van der Waals surface area contributed by atoms with Crippen LogP contribution in [-0.2, 0) is 0 Å². The maximum absolute atomic E-state index is 13.3. The summed E-state index contributed by atoms with van der Waals surface area (Å²) in [6, 6.07) is 4.68. The van der Waals surface area contributed by atoms with Gasteiger partial charge in [0.15, 0.2) is 0 Å². The van der Waals surface area contributed by atoms with Gasteiger partial charge in [-0.25, -0.2) is 4.39 Å². The van der Waals surface area contributed by atoms with Gasteiger partial charge in [0.1, 0.15) is 11.9 Å². The molecular formula is C11H11FN2O2. The minimum atomic E-state index is -0.823. The number of aliphatic hydroxyl groups excluding tert-OH is 1. The number of aryl methyl sites for hydroxylation is 1. The van der Waals surface area contributed by atoms with E-state index in [1.807, 2.05) is 0 Å². The van der Waals surface area contributed by atoms with Crippen LogP contribution >= 0.6 is 0 Å². The molecule has 0 fully saturated rings. The summed E-state index contributed by atoms with van der Waals surface area (Å²) in [7, 11) is 0. The average Bonchev–Trinajstić information content (AvgIpc) is 2.71. The van der Waals surface area contributed by atoms with Gasteiger partial charge in [-0.15, -0.1) is 0 Å². The Balaban J connectivity index is 2.39. The molecule has 1 aromatic heterocycles. The van der Waals surface area contributed by atoms with Gasteiger partial charge in [0.2, 0.25) is 5.82 Å². The van der Waals surface area contributed by atoms with E-state index < -0.39 is 6.10 Å². The minimum Gasteiger partial charge on any atom is -0.384 e. The van der Waals surface area contributed by atoms with Crippen molar-refractivity contribution in [3.05, 3.63) is 35.5 Å². The zero-order valence-electron chi connectivity index (χ0n) is 8.94. The van der Waals surface area contributed by atoms with Crippen LogP contribution in [0, 0.1) is 12.7 Å². The molecule has 0 saturated heterocycles. The molecule has 5 heteroatoms. The number of aromatic nitrogens is 2. The molecule has 2 rings (SSSR count). The molecule has 0 spiro atoms. The molecule has 0 aliphatic carbocycles. The Morgan fingerprint density at radius 3 is 2.75 bits per heavy atom. The van der Waals surface area contributed by atoms with Gasteiger partial charge in [0, 0.05) is 5.56 Å². The molecule has 0 amide bonds. The Morgan fingerprint density at radius 2 is 2.19 bits per heavy atom. The van der Waals surface area contributed by atoms with Crippen molar-refractivity contribution < 1.29 is 14.0 Å². The standard InChI is InChI=1S/C11H11FN2O2/c1-6-3-4-8(5-9(6)12)10-13-11(7(2)15)16-14-10/h3-5,7,15H,1-2H3. The van der Waals surface area contributed by atoms with Crippen LogP contribution in [0.15, 0.2) is 22.7 Å². The average molecular weight is 222 g/mol.